The van der Waals surface area contributed by atoms with E-state index < -0.39 is 0 Å². The summed E-state index contributed by atoms with van der Waals surface area (Å²) < 4.78 is 2.68. The number of hydrazone groups is 1. The van der Waals surface area contributed by atoms with Gasteiger partial charge in [-0.2, -0.15) is 5.10 Å². The van der Waals surface area contributed by atoms with Crippen molar-refractivity contribution in [3.8, 4) is 0 Å². The van der Waals surface area contributed by atoms with Gasteiger partial charge >= 0.3 is 0 Å². The number of nitrogens with zero attached hydrogens (tertiary/aromatic N) is 2. The number of hydrogen-bond donors (Lipinski definition) is 2. The highest BCUT2D eigenvalue weighted by molar-refractivity contribution is 9.13. The number of pyridine rings is 1. The number of hydrogen-bond acceptors (Lipinski definition) is 4. The second-order valence-electron chi connectivity index (χ2n) is 4.18. The first kappa shape index (κ1) is 17.1. The maximum atomic E-state index is 11.7. The van der Waals surface area contributed by atoms with Gasteiger partial charge in [0.15, 0.2) is 0 Å². The molecule has 5 nitrogen and oxygen atoms in total. The lowest BCUT2D eigenvalue weighted by Crippen LogP contribution is -2.26. The van der Waals surface area contributed by atoms with Gasteiger partial charge in [0.05, 0.1) is 18.4 Å². The van der Waals surface area contributed by atoms with E-state index in [1.54, 1.807) is 18.5 Å². The van der Waals surface area contributed by atoms with Crippen LogP contribution in [-0.2, 0) is 4.79 Å². The summed E-state index contributed by atoms with van der Waals surface area (Å²) in [5.74, 6) is -0.244. The molecule has 0 spiro atoms. The van der Waals surface area contributed by atoms with Crippen LogP contribution in [0.4, 0.5) is 5.69 Å². The average Bonchev–Trinajstić information content (AvgIpc) is 2.50. The molecule has 1 heterocycles. The molecule has 0 aliphatic carbocycles. The maximum Gasteiger partial charge on any atom is 0.259 e. The SMILES string of the molecule is O=C(CNc1cc(Br)c(Br)cc1Br)N/N=C\c1cccnc1. The van der Waals surface area contributed by atoms with Crippen LogP contribution in [0.5, 0.6) is 0 Å². The predicted molar refractivity (Wildman–Crippen MR) is 98.0 cm³/mol. The van der Waals surface area contributed by atoms with Crippen molar-refractivity contribution in [1.29, 1.82) is 0 Å². The van der Waals surface area contributed by atoms with Crippen molar-refractivity contribution in [2.45, 2.75) is 0 Å². The minimum Gasteiger partial charge on any atom is -0.375 e. The van der Waals surface area contributed by atoms with E-state index in [1.807, 2.05) is 18.2 Å². The van der Waals surface area contributed by atoms with Gasteiger partial charge in [0.25, 0.3) is 5.91 Å². The first-order valence-electron chi connectivity index (χ1n) is 6.16. The average molecular weight is 491 g/mol. The Hall–Kier alpha value is -1.25. The van der Waals surface area contributed by atoms with Crippen molar-refractivity contribution in [1.82, 2.24) is 10.4 Å². The van der Waals surface area contributed by atoms with Gasteiger partial charge in [0, 0.05) is 31.4 Å². The van der Waals surface area contributed by atoms with E-state index in [2.05, 4.69) is 68.6 Å². The topological polar surface area (TPSA) is 66.4 Å². The molecule has 1 aromatic carbocycles. The molecule has 0 bridgehead atoms. The number of carbonyl (C=O) groups is 1. The molecular formula is C14H11Br3N4O. The van der Waals surface area contributed by atoms with Crippen LogP contribution >= 0.6 is 47.8 Å². The standard InChI is InChI=1S/C14H11Br3N4O/c15-10-4-12(17)13(5-11(10)16)19-8-14(22)21-20-7-9-2-1-3-18-6-9/h1-7,19H,8H2,(H,21,22)/b20-7-. The number of aromatic nitrogens is 1. The molecule has 0 saturated carbocycles. The van der Waals surface area contributed by atoms with Gasteiger partial charge in [0.1, 0.15) is 0 Å². The van der Waals surface area contributed by atoms with E-state index in [0.717, 1.165) is 24.7 Å². The minimum atomic E-state index is -0.244. The molecule has 2 aromatic rings. The third kappa shape index (κ3) is 5.19. The second-order valence-corrected chi connectivity index (χ2v) is 6.74. The van der Waals surface area contributed by atoms with Crippen LogP contribution in [0.2, 0.25) is 0 Å². The molecule has 8 heteroatoms. The molecular weight excluding hydrogens is 480 g/mol. The third-order valence-electron chi connectivity index (χ3n) is 2.54. The van der Waals surface area contributed by atoms with E-state index in [-0.39, 0.29) is 12.5 Å². The molecule has 22 heavy (non-hydrogen) atoms. The van der Waals surface area contributed by atoms with E-state index in [4.69, 9.17) is 0 Å². The number of halogens is 3. The Balaban J connectivity index is 1.86. The molecule has 1 amide bonds. The zero-order valence-electron chi connectivity index (χ0n) is 11.2. The third-order valence-corrected chi connectivity index (χ3v) is 5.04. The fourth-order valence-corrected chi connectivity index (χ4v) is 2.98. The van der Waals surface area contributed by atoms with Gasteiger partial charge in [-0.05, 0) is 66.0 Å². The van der Waals surface area contributed by atoms with E-state index >= 15 is 0 Å². The van der Waals surface area contributed by atoms with Crippen LogP contribution in [0.25, 0.3) is 0 Å². The monoisotopic (exact) mass is 488 g/mol. The first-order valence-corrected chi connectivity index (χ1v) is 8.54. The molecule has 0 aliphatic heterocycles. The molecule has 0 aliphatic rings. The quantitative estimate of drug-likeness (QED) is 0.379. The summed E-state index contributed by atoms with van der Waals surface area (Å²) in [5, 5.41) is 6.91. The molecule has 0 saturated heterocycles. The molecule has 0 fully saturated rings. The summed E-state index contributed by atoms with van der Waals surface area (Å²) in [7, 11) is 0. The van der Waals surface area contributed by atoms with Gasteiger partial charge in [-0.3, -0.25) is 9.78 Å². The van der Waals surface area contributed by atoms with E-state index in [9.17, 15) is 4.79 Å². The van der Waals surface area contributed by atoms with Crippen LogP contribution in [0.3, 0.4) is 0 Å². The first-order chi connectivity index (χ1) is 10.6. The van der Waals surface area contributed by atoms with Crippen molar-refractivity contribution >= 4 is 65.6 Å². The Morgan fingerprint density at radius 1 is 1.23 bits per heavy atom. The zero-order valence-corrected chi connectivity index (χ0v) is 15.9. The molecule has 2 N–H and O–H groups in total. The summed E-state index contributed by atoms with van der Waals surface area (Å²) in [4.78, 5) is 15.7. The van der Waals surface area contributed by atoms with Crippen molar-refractivity contribution < 1.29 is 4.79 Å². The van der Waals surface area contributed by atoms with E-state index in [1.165, 1.54) is 6.21 Å². The predicted octanol–water partition coefficient (Wildman–Crippen LogP) is 3.93. The lowest BCUT2D eigenvalue weighted by atomic mass is 10.3. The zero-order chi connectivity index (χ0) is 15.9. The number of rotatable bonds is 5. The summed E-state index contributed by atoms with van der Waals surface area (Å²) in [6, 6.07) is 7.41. The lowest BCUT2D eigenvalue weighted by molar-refractivity contribution is -0.119. The highest BCUT2D eigenvalue weighted by Gasteiger charge is 2.06. The lowest BCUT2D eigenvalue weighted by Gasteiger charge is -2.09. The molecule has 2 rings (SSSR count). The molecule has 0 radical (unpaired) electrons. The van der Waals surface area contributed by atoms with Crippen LogP contribution in [0.1, 0.15) is 5.56 Å². The Morgan fingerprint density at radius 2 is 2.00 bits per heavy atom. The van der Waals surface area contributed by atoms with Crippen molar-refractivity contribution in [3.05, 3.63) is 55.6 Å². The summed E-state index contributed by atoms with van der Waals surface area (Å²) in [6.07, 6.45) is 4.87. The van der Waals surface area contributed by atoms with Crippen molar-refractivity contribution in [3.63, 3.8) is 0 Å². The van der Waals surface area contributed by atoms with Gasteiger partial charge in [0.2, 0.25) is 0 Å². The Bertz CT molecular complexity index is 692. The van der Waals surface area contributed by atoms with E-state index in [0.29, 0.717) is 0 Å². The maximum absolute atomic E-state index is 11.7. The van der Waals surface area contributed by atoms with Crippen LogP contribution in [0, 0.1) is 0 Å². The number of amides is 1. The largest absolute Gasteiger partial charge is 0.375 e. The molecule has 0 atom stereocenters. The van der Waals surface area contributed by atoms with Crippen LogP contribution in [0.15, 0.2) is 55.2 Å². The molecule has 1 aromatic heterocycles. The molecule has 114 valence electrons. The summed E-state index contributed by atoms with van der Waals surface area (Å²) in [6.45, 7) is 0.108. The van der Waals surface area contributed by atoms with Crippen molar-refractivity contribution in [2.24, 2.45) is 5.10 Å². The Kier molecular flexibility index (Phi) is 6.53. The number of benzene rings is 1. The number of nitrogens with one attached hydrogen (secondary N) is 2. The normalized spacial score (nSPS) is 10.7. The fourth-order valence-electron chi connectivity index (χ4n) is 1.50. The van der Waals surface area contributed by atoms with Gasteiger partial charge in [-0.25, -0.2) is 5.43 Å². The summed E-state index contributed by atoms with van der Waals surface area (Å²) in [5.41, 5.74) is 4.07. The van der Waals surface area contributed by atoms with Crippen molar-refractivity contribution in [2.75, 3.05) is 11.9 Å². The fraction of sp³-hybridized carbons (Fsp3) is 0.0714. The van der Waals surface area contributed by atoms with Gasteiger partial charge in [-0.15, -0.1) is 0 Å². The number of anilines is 1. The van der Waals surface area contributed by atoms with Crippen LogP contribution < -0.4 is 10.7 Å². The van der Waals surface area contributed by atoms with Gasteiger partial charge in [-0.1, -0.05) is 6.07 Å². The highest BCUT2D eigenvalue weighted by Crippen LogP contribution is 2.32. The Labute approximate surface area is 153 Å². The van der Waals surface area contributed by atoms with Gasteiger partial charge < -0.3 is 5.32 Å². The highest BCUT2D eigenvalue weighted by atomic mass is 79.9. The smallest absolute Gasteiger partial charge is 0.259 e. The second kappa shape index (κ2) is 8.40. The van der Waals surface area contributed by atoms with Crippen LogP contribution in [-0.4, -0.2) is 23.7 Å². The summed E-state index contributed by atoms with van der Waals surface area (Å²) >= 11 is 10.3. The number of carbonyl (C=O) groups excluding carboxylic acids is 1. The Morgan fingerprint density at radius 3 is 2.73 bits per heavy atom. The molecule has 0 unspecified atom stereocenters. The minimum absolute atomic E-state index is 0.108.